The van der Waals surface area contributed by atoms with Crippen LogP contribution in [0.5, 0.6) is 5.75 Å². The second-order valence-corrected chi connectivity index (χ2v) is 7.77. The average molecular weight is 344 g/mol. The van der Waals surface area contributed by atoms with Crippen molar-refractivity contribution >= 4 is 6.03 Å². The average Bonchev–Trinajstić information content (AvgIpc) is 3.23. The van der Waals surface area contributed by atoms with Gasteiger partial charge >= 0.3 is 6.03 Å². The number of hydrogen-bond acceptors (Lipinski definition) is 3. The maximum Gasteiger partial charge on any atom is 0.317 e. The van der Waals surface area contributed by atoms with Crippen molar-refractivity contribution in [2.75, 3.05) is 19.7 Å². The summed E-state index contributed by atoms with van der Waals surface area (Å²) >= 11 is 0. The van der Waals surface area contributed by atoms with E-state index in [1.54, 1.807) is 0 Å². The molecule has 5 heteroatoms. The third-order valence-corrected chi connectivity index (χ3v) is 6.17. The predicted molar refractivity (Wildman–Crippen MR) is 95.5 cm³/mol. The SMILES string of the molecule is CCCOc1cccc(CCNC(=O)N2CC3CC4CC3C2C4O)c1. The minimum absolute atomic E-state index is 0.0162. The van der Waals surface area contributed by atoms with E-state index >= 15 is 0 Å². The summed E-state index contributed by atoms with van der Waals surface area (Å²) in [7, 11) is 0. The molecule has 1 aromatic carbocycles. The summed E-state index contributed by atoms with van der Waals surface area (Å²) in [5.74, 6) is 2.44. The number of hydrogen-bond donors (Lipinski definition) is 2. The molecule has 2 N–H and O–H groups in total. The van der Waals surface area contributed by atoms with Crippen molar-refractivity contribution in [3.63, 3.8) is 0 Å². The molecule has 2 bridgehead atoms. The van der Waals surface area contributed by atoms with Gasteiger partial charge in [0.05, 0.1) is 18.8 Å². The van der Waals surface area contributed by atoms with Gasteiger partial charge in [-0.25, -0.2) is 4.79 Å². The van der Waals surface area contributed by atoms with Crippen LogP contribution in [0.2, 0.25) is 0 Å². The van der Waals surface area contributed by atoms with Crippen LogP contribution < -0.4 is 10.1 Å². The number of nitrogens with zero attached hydrogens (tertiary/aromatic N) is 1. The molecule has 4 rings (SSSR count). The first-order chi connectivity index (χ1) is 12.2. The van der Waals surface area contributed by atoms with Crippen LogP contribution in [-0.2, 0) is 6.42 Å². The molecule has 0 aromatic heterocycles. The lowest BCUT2D eigenvalue weighted by Crippen LogP contribution is -2.48. The number of rotatable bonds is 6. The molecule has 25 heavy (non-hydrogen) atoms. The van der Waals surface area contributed by atoms with Crippen LogP contribution in [0.15, 0.2) is 24.3 Å². The number of fused-ring (bicyclic) bond motifs is 1. The minimum Gasteiger partial charge on any atom is -0.494 e. The molecular weight excluding hydrogens is 316 g/mol. The molecule has 1 aromatic rings. The Kier molecular flexibility index (Phi) is 4.59. The Morgan fingerprint density at radius 2 is 2.24 bits per heavy atom. The number of benzene rings is 1. The predicted octanol–water partition coefficient (Wildman–Crippen LogP) is 2.43. The van der Waals surface area contributed by atoms with Crippen LogP contribution in [0, 0.1) is 17.8 Å². The monoisotopic (exact) mass is 344 g/mol. The maximum absolute atomic E-state index is 12.6. The highest BCUT2D eigenvalue weighted by Gasteiger charge is 2.59. The molecule has 5 unspecified atom stereocenters. The molecule has 136 valence electrons. The molecule has 2 saturated carbocycles. The van der Waals surface area contributed by atoms with Crippen molar-refractivity contribution in [1.29, 1.82) is 0 Å². The quantitative estimate of drug-likeness (QED) is 0.833. The van der Waals surface area contributed by atoms with Crippen LogP contribution in [0.1, 0.15) is 31.7 Å². The molecule has 3 fully saturated rings. The fourth-order valence-corrected chi connectivity index (χ4v) is 5.08. The summed E-state index contributed by atoms with van der Waals surface area (Å²) in [6, 6.07) is 8.10. The molecule has 0 spiro atoms. The van der Waals surface area contributed by atoms with Crippen molar-refractivity contribution < 1.29 is 14.6 Å². The molecular formula is C20H28N2O3. The summed E-state index contributed by atoms with van der Waals surface area (Å²) < 4.78 is 5.66. The van der Waals surface area contributed by atoms with Crippen molar-refractivity contribution in [1.82, 2.24) is 10.2 Å². The Morgan fingerprint density at radius 3 is 3.04 bits per heavy atom. The number of aliphatic hydroxyl groups excluding tert-OH is 1. The topological polar surface area (TPSA) is 61.8 Å². The van der Waals surface area contributed by atoms with Gasteiger partial charge in [0, 0.05) is 13.1 Å². The van der Waals surface area contributed by atoms with E-state index < -0.39 is 0 Å². The van der Waals surface area contributed by atoms with Crippen LogP contribution in [0.4, 0.5) is 4.79 Å². The highest BCUT2D eigenvalue weighted by Crippen LogP contribution is 2.54. The third kappa shape index (κ3) is 3.10. The van der Waals surface area contributed by atoms with Crippen molar-refractivity contribution in [2.45, 2.75) is 44.8 Å². The Morgan fingerprint density at radius 1 is 1.36 bits per heavy atom. The van der Waals surface area contributed by atoms with E-state index in [1.807, 2.05) is 23.1 Å². The van der Waals surface area contributed by atoms with E-state index in [-0.39, 0.29) is 18.2 Å². The molecule has 0 radical (unpaired) electrons. The number of carbonyl (C=O) groups is 1. The van der Waals surface area contributed by atoms with Gasteiger partial charge < -0.3 is 20.1 Å². The molecule has 3 aliphatic rings. The second kappa shape index (κ2) is 6.87. The summed E-state index contributed by atoms with van der Waals surface area (Å²) in [4.78, 5) is 14.5. The first kappa shape index (κ1) is 16.7. The van der Waals surface area contributed by atoms with Crippen LogP contribution in [0.25, 0.3) is 0 Å². The zero-order valence-electron chi connectivity index (χ0n) is 14.9. The van der Waals surface area contributed by atoms with Gasteiger partial charge in [-0.3, -0.25) is 0 Å². The van der Waals surface area contributed by atoms with E-state index in [0.29, 0.717) is 24.3 Å². The highest BCUT2D eigenvalue weighted by atomic mass is 16.5. The number of ether oxygens (including phenoxy) is 1. The first-order valence-corrected chi connectivity index (χ1v) is 9.61. The maximum atomic E-state index is 12.6. The number of urea groups is 1. The van der Waals surface area contributed by atoms with Crippen LogP contribution >= 0.6 is 0 Å². The zero-order valence-corrected chi connectivity index (χ0v) is 14.9. The van der Waals surface area contributed by atoms with Crippen molar-refractivity contribution in [2.24, 2.45) is 17.8 Å². The number of aliphatic hydroxyl groups is 1. The third-order valence-electron chi connectivity index (χ3n) is 6.17. The molecule has 5 atom stereocenters. The second-order valence-electron chi connectivity index (χ2n) is 7.77. The molecule has 1 heterocycles. The lowest BCUT2D eigenvalue weighted by molar-refractivity contribution is 0.0609. The number of nitrogens with one attached hydrogen (secondary N) is 1. The Labute approximate surface area is 149 Å². The van der Waals surface area contributed by atoms with Gasteiger partial charge in [0.15, 0.2) is 0 Å². The molecule has 2 aliphatic carbocycles. The van der Waals surface area contributed by atoms with Crippen LogP contribution in [-0.4, -0.2) is 47.9 Å². The number of amides is 2. The molecule has 5 nitrogen and oxygen atoms in total. The lowest BCUT2D eigenvalue weighted by atomic mass is 9.88. The fraction of sp³-hybridized carbons (Fsp3) is 0.650. The molecule has 1 saturated heterocycles. The Bertz CT molecular complexity index is 633. The van der Waals surface area contributed by atoms with E-state index in [2.05, 4.69) is 18.3 Å². The van der Waals surface area contributed by atoms with Gasteiger partial charge in [-0.2, -0.15) is 0 Å². The minimum atomic E-state index is -0.318. The Balaban J connectivity index is 1.28. The van der Waals surface area contributed by atoms with E-state index in [4.69, 9.17) is 4.74 Å². The largest absolute Gasteiger partial charge is 0.494 e. The smallest absolute Gasteiger partial charge is 0.317 e. The molecule has 1 aliphatic heterocycles. The lowest BCUT2D eigenvalue weighted by Gasteiger charge is -2.28. The summed E-state index contributed by atoms with van der Waals surface area (Å²) in [6.45, 7) is 4.23. The van der Waals surface area contributed by atoms with Gasteiger partial charge in [-0.05, 0) is 61.1 Å². The molecule has 2 amide bonds. The normalized spacial score (nSPS) is 32.2. The van der Waals surface area contributed by atoms with Crippen LogP contribution in [0.3, 0.4) is 0 Å². The Hall–Kier alpha value is -1.75. The van der Waals surface area contributed by atoms with Gasteiger partial charge in [0.1, 0.15) is 5.75 Å². The summed E-state index contributed by atoms with van der Waals surface area (Å²) in [5, 5.41) is 13.4. The van der Waals surface area contributed by atoms with E-state index in [9.17, 15) is 9.90 Å². The summed E-state index contributed by atoms with van der Waals surface area (Å²) in [5.41, 5.74) is 1.16. The van der Waals surface area contributed by atoms with Crippen molar-refractivity contribution in [3.05, 3.63) is 29.8 Å². The zero-order chi connectivity index (χ0) is 17.4. The van der Waals surface area contributed by atoms with Crippen molar-refractivity contribution in [3.8, 4) is 5.75 Å². The van der Waals surface area contributed by atoms with E-state index in [1.165, 1.54) is 0 Å². The standard InChI is InChI=1S/C20H28N2O3/c1-2-8-25-16-5-3-4-13(9-16)6-7-21-20(24)22-12-15-10-14-11-17(15)18(22)19(14)23/h3-5,9,14-15,17-19,23H,2,6-8,10-12H2,1H3,(H,21,24). The number of carbonyl (C=O) groups excluding carboxylic acids is 1. The fourth-order valence-electron chi connectivity index (χ4n) is 5.08. The summed E-state index contributed by atoms with van der Waals surface area (Å²) in [6.07, 6.45) is 3.65. The highest BCUT2D eigenvalue weighted by molar-refractivity contribution is 5.75. The van der Waals surface area contributed by atoms with Gasteiger partial charge in [-0.1, -0.05) is 19.1 Å². The number of likely N-dealkylation sites (tertiary alicyclic amines) is 1. The van der Waals surface area contributed by atoms with Gasteiger partial charge in [-0.15, -0.1) is 0 Å². The first-order valence-electron chi connectivity index (χ1n) is 9.61. The van der Waals surface area contributed by atoms with Gasteiger partial charge in [0.2, 0.25) is 0 Å². The van der Waals surface area contributed by atoms with Gasteiger partial charge in [0.25, 0.3) is 0 Å². The van der Waals surface area contributed by atoms with E-state index in [0.717, 1.165) is 50.1 Å².